The van der Waals surface area contributed by atoms with Crippen molar-refractivity contribution in [2.24, 2.45) is 17.3 Å². The topological polar surface area (TPSA) is 105 Å². The molecule has 0 spiro atoms. The molecule has 1 saturated heterocycles. The van der Waals surface area contributed by atoms with Crippen LogP contribution in [0.4, 0.5) is 6.01 Å². The summed E-state index contributed by atoms with van der Waals surface area (Å²) in [5.41, 5.74) is 1.10. The Hall–Kier alpha value is -2.87. The lowest BCUT2D eigenvalue weighted by atomic mass is 9.70. The zero-order valence-corrected chi connectivity index (χ0v) is 22.8. The lowest BCUT2D eigenvalue weighted by molar-refractivity contribution is -0.138. The molecule has 1 aromatic heterocycles. The number of oxazole rings is 1. The third-order valence-corrected chi connectivity index (χ3v) is 7.98. The Kier molecular flexibility index (Phi) is 8.26. The quantitative estimate of drug-likeness (QED) is 0.510. The van der Waals surface area contributed by atoms with Gasteiger partial charge in [-0.05, 0) is 54.2 Å². The van der Waals surface area contributed by atoms with Crippen molar-refractivity contribution in [2.75, 3.05) is 18.4 Å². The highest BCUT2D eigenvalue weighted by molar-refractivity contribution is 6.30. The van der Waals surface area contributed by atoms with E-state index in [-0.39, 0.29) is 40.8 Å². The van der Waals surface area contributed by atoms with Crippen molar-refractivity contribution in [3.8, 4) is 0 Å². The summed E-state index contributed by atoms with van der Waals surface area (Å²) in [5.74, 6) is -0.612. The van der Waals surface area contributed by atoms with Crippen molar-refractivity contribution < 1.29 is 18.8 Å². The Labute approximate surface area is 223 Å². The van der Waals surface area contributed by atoms with Crippen LogP contribution in [-0.2, 0) is 9.59 Å². The van der Waals surface area contributed by atoms with E-state index in [0.717, 1.165) is 32.1 Å². The van der Waals surface area contributed by atoms with E-state index in [1.54, 1.807) is 0 Å². The van der Waals surface area contributed by atoms with Gasteiger partial charge in [-0.25, -0.2) is 0 Å². The summed E-state index contributed by atoms with van der Waals surface area (Å²) >= 11 is 6.07. The van der Waals surface area contributed by atoms with Crippen molar-refractivity contribution in [2.45, 2.75) is 71.8 Å². The van der Waals surface area contributed by atoms with Crippen molar-refractivity contribution in [3.05, 3.63) is 46.8 Å². The van der Waals surface area contributed by atoms with E-state index >= 15 is 0 Å². The molecule has 2 aliphatic rings. The minimum Gasteiger partial charge on any atom is -0.431 e. The second-order valence-corrected chi connectivity index (χ2v) is 11.8. The van der Waals surface area contributed by atoms with Crippen molar-refractivity contribution in [1.29, 1.82) is 0 Å². The van der Waals surface area contributed by atoms with Crippen LogP contribution in [0, 0.1) is 17.3 Å². The second-order valence-electron chi connectivity index (χ2n) is 11.3. The minimum absolute atomic E-state index is 0.000458. The van der Waals surface area contributed by atoms with E-state index in [1.165, 1.54) is 11.8 Å². The molecule has 4 rings (SSSR count). The normalized spacial score (nSPS) is 20.6. The highest BCUT2D eigenvalue weighted by atomic mass is 35.5. The van der Waals surface area contributed by atoms with E-state index in [2.05, 4.69) is 41.6 Å². The number of nitrogens with zero attached hydrogens (tertiary/aromatic N) is 2. The van der Waals surface area contributed by atoms with Crippen molar-refractivity contribution in [1.82, 2.24) is 15.2 Å². The molecule has 1 saturated carbocycles. The number of carbonyl (C=O) groups is 3. The third kappa shape index (κ3) is 6.35. The van der Waals surface area contributed by atoms with Gasteiger partial charge in [-0.3, -0.25) is 19.7 Å². The summed E-state index contributed by atoms with van der Waals surface area (Å²) in [6.45, 7) is 9.35. The Morgan fingerprint density at radius 3 is 2.41 bits per heavy atom. The van der Waals surface area contributed by atoms with E-state index in [9.17, 15) is 14.4 Å². The first kappa shape index (κ1) is 27.2. The number of piperidine rings is 1. The predicted octanol–water partition coefficient (Wildman–Crippen LogP) is 5.25. The van der Waals surface area contributed by atoms with Gasteiger partial charge < -0.3 is 14.6 Å². The molecule has 0 radical (unpaired) electrons. The average molecular weight is 529 g/mol. The Bertz CT molecular complexity index is 1120. The third-order valence-electron chi connectivity index (χ3n) is 7.73. The van der Waals surface area contributed by atoms with Crippen LogP contribution in [0.1, 0.15) is 81.8 Å². The standard InChI is InChI=1S/C28H37ClN4O4/c1-17(2)23(31-25(35)22-15-37-27(30-22)32-24(34)19-7-5-6-8-19)26(36)33-14-13-21(28(3,4)16-33)18-9-11-20(29)12-10-18/h9-12,15,17,19,21,23H,5-8,13-14,16H2,1-4H3,(H,31,35)(H,30,32,34). The predicted molar refractivity (Wildman–Crippen MR) is 142 cm³/mol. The van der Waals surface area contributed by atoms with Crippen molar-refractivity contribution >= 4 is 35.3 Å². The fraction of sp³-hybridized carbons (Fsp3) is 0.571. The maximum absolute atomic E-state index is 13.6. The maximum atomic E-state index is 13.6. The van der Waals surface area contributed by atoms with Crippen LogP contribution in [0.15, 0.2) is 34.9 Å². The Morgan fingerprint density at radius 1 is 1.11 bits per heavy atom. The summed E-state index contributed by atoms with van der Waals surface area (Å²) in [7, 11) is 0. The number of amides is 3. The van der Waals surface area contributed by atoms with Crippen LogP contribution in [0.5, 0.6) is 0 Å². The summed E-state index contributed by atoms with van der Waals surface area (Å²) in [4.78, 5) is 44.9. The first-order chi connectivity index (χ1) is 17.5. The van der Waals surface area contributed by atoms with Gasteiger partial charge in [0.25, 0.3) is 5.91 Å². The molecule has 200 valence electrons. The van der Waals surface area contributed by atoms with Crippen LogP contribution in [0.2, 0.25) is 5.02 Å². The molecule has 9 heteroatoms. The number of carbonyl (C=O) groups excluding carboxylic acids is 3. The lowest BCUT2D eigenvalue weighted by Crippen LogP contribution is -2.55. The molecule has 3 amide bonds. The van der Waals surface area contributed by atoms with Gasteiger partial charge in [0.05, 0.1) is 0 Å². The molecular weight excluding hydrogens is 492 g/mol. The van der Waals surface area contributed by atoms with Gasteiger partial charge in [0.15, 0.2) is 5.69 Å². The van der Waals surface area contributed by atoms with E-state index < -0.39 is 11.9 Å². The van der Waals surface area contributed by atoms with Crippen LogP contribution in [0.25, 0.3) is 0 Å². The number of benzene rings is 1. The van der Waals surface area contributed by atoms with Gasteiger partial charge in [-0.2, -0.15) is 4.98 Å². The first-order valence-corrected chi connectivity index (χ1v) is 13.5. The number of aromatic nitrogens is 1. The second kappa shape index (κ2) is 11.3. The number of nitrogens with one attached hydrogen (secondary N) is 2. The molecule has 2 N–H and O–H groups in total. The van der Waals surface area contributed by atoms with Gasteiger partial charge in [0.1, 0.15) is 12.3 Å². The van der Waals surface area contributed by atoms with Crippen LogP contribution in [0.3, 0.4) is 0 Å². The van der Waals surface area contributed by atoms with Gasteiger partial charge in [0.2, 0.25) is 11.8 Å². The fourth-order valence-electron chi connectivity index (χ4n) is 5.61. The summed E-state index contributed by atoms with van der Waals surface area (Å²) < 4.78 is 5.32. The van der Waals surface area contributed by atoms with Gasteiger partial charge in [-0.15, -0.1) is 0 Å². The summed E-state index contributed by atoms with van der Waals surface area (Å²) in [6, 6.07) is 7.23. The smallest absolute Gasteiger partial charge is 0.302 e. The molecular formula is C28H37ClN4O4. The largest absolute Gasteiger partial charge is 0.431 e. The first-order valence-electron chi connectivity index (χ1n) is 13.2. The molecule has 2 aromatic rings. The molecule has 2 fully saturated rings. The Balaban J connectivity index is 1.39. The van der Waals surface area contributed by atoms with Crippen LogP contribution in [-0.4, -0.2) is 46.7 Å². The molecule has 2 unspecified atom stereocenters. The highest BCUT2D eigenvalue weighted by Crippen LogP contribution is 2.42. The van der Waals surface area contributed by atoms with Gasteiger partial charge >= 0.3 is 6.01 Å². The molecule has 2 atom stereocenters. The van der Waals surface area contributed by atoms with Gasteiger partial charge in [0, 0.05) is 24.0 Å². The number of hydrogen-bond acceptors (Lipinski definition) is 5. The number of hydrogen-bond donors (Lipinski definition) is 2. The maximum Gasteiger partial charge on any atom is 0.302 e. The molecule has 37 heavy (non-hydrogen) atoms. The number of anilines is 1. The summed E-state index contributed by atoms with van der Waals surface area (Å²) in [6.07, 6.45) is 5.82. The number of likely N-dealkylation sites (tertiary alicyclic amines) is 1. The molecule has 1 aromatic carbocycles. The van der Waals surface area contributed by atoms with Crippen LogP contribution >= 0.6 is 11.6 Å². The number of rotatable bonds is 7. The van der Waals surface area contributed by atoms with Gasteiger partial charge in [-0.1, -0.05) is 64.3 Å². The Morgan fingerprint density at radius 2 is 1.78 bits per heavy atom. The van der Waals surface area contributed by atoms with Crippen molar-refractivity contribution in [3.63, 3.8) is 0 Å². The fourth-order valence-corrected chi connectivity index (χ4v) is 5.74. The van der Waals surface area contributed by atoms with E-state index in [0.29, 0.717) is 24.0 Å². The molecule has 2 heterocycles. The number of halogens is 1. The molecule has 0 bridgehead atoms. The SMILES string of the molecule is CC(C)C(NC(=O)c1coc(NC(=O)C2CCCC2)n1)C(=O)N1CCC(c2ccc(Cl)cc2)C(C)(C)C1. The summed E-state index contributed by atoms with van der Waals surface area (Å²) in [5, 5.41) is 6.22. The molecule has 1 aliphatic heterocycles. The minimum atomic E-state index is -0.705. The zero-order chi connectivity index (χ0) is 26.7. The molecule has 8 nitrogen and oxygen atoms in total. The average Bonchev–Trinajstić information content (AvgIpc) is 3.55. The monoisotopic (exact) mass is 528 g/mol. The van der Waals surface area contributed by atoms with E-state index in [4.69, 9.17) is 16.0 Å². The lowest BCUT2D eigenvalue weighted by Gasteiger charge is -2.45. The molecule has 1 aliphatic carbocycles. The zero-order valence-electron chi connectivity index (χ0n) is 22.1. The highest BCUT2D eigenvalue weighted by Gasteiger charge is 2.40. The van der Waals surface area contributed by atoms with E-state index in [1.807, 2.05) is 30.9 Å². The van der Waals surface area contributed by atoms with Crippen LogP contribution < -0.4 is 10.6 Å².